The third-order valence-corrected chi connectivity index (χ3v) is 4.54. The van der Waals surface area contributed by atoms with Crippen molar-refractivity contribution < 1.29 is 19.1 Å². The minimum absolute atomic E-state index is 0.295. The summed E-state index contributed by atoms with van der Waals surface area (Å²) in [5.74, 6) is 0.715. The first-order valence-electron chi connectivity index (χ1n) is 9.40. The molecule has 12 heteroatoms. The van der Waals surface area contributed by atoms with E-state index in [0.29, 0.717) is 28.6 Å². The Morgan fingerprint density at radius 3 is 2.48 bits per heavy atom. The van der Waals surface area contributed by atoms with Crippen molar-refractivity contribution >= 4 is 58.5 Å². The first kappa shape index (κ1) is 24.5. The number of carbonyl (C=O) groups is 2. The van der Waals surface area contributed by atoms with Crippen LogP contribution in [0.15, 0.2) is 48.8 Å². The van der Waals surface area contributed by atoms with Gasteiger partial charge in [0.1, 0.15) is 12.4 Å². The number of aromatic nitrogens is 3. The van der Waals surface area contributed by atoms with Gasteiger partial charge in [-0.05, 0) is 42.8 Å². The summed E-state index contributed by atoms with van der Waals surface area (Å²) < 4.78 is 7.77. The van der Waals surface area contributed by atoms with Crippen LogP contribution >= 0.6 is 34.8 Å². The predicted octanol–water partition coefficient (Wildman–Crippen LogP) is 5.61. The van der Waals surface area contributed by atoms with Gasteiger partial charge in [0.2, 0.25) is 3.79 Å². The molecule has 1 aromatic carbocycles. The lowest BCUT2D eigenvalue weighted by Gasteiger charge is -2.13. The molecule has 0 aliphatic heterocycles. The molecule has 0 radical (unpaired) electrons. The molecule has 0 saturated heterocycles. The molecule has 2 heterocycles. The summed E-state index contributed by atoms with van der Waals surface area (Å²) >= 11 is 16.8. The van der Waals surface area contributed by atoms with Crippen molar-refractivity contribution in [2.24, 2.45) is 0 Å². The Morgan fingerprint density at radius 2 is 1.76 bits per heavy atom. The Labute approximate surface area is 204 Å². The molecule has 0 aliphatic rings. The molecule has 2 amide bonds. The zero-order chi connectivity index (χ0) is 24.0. The Bertz CT molecular complexity index is 1170. The van der Waals surface area contributed by atoms with Gasteiger partial charge < -0.3 is 9.47 Å². The lowest BCUT2D eigenvalue weighted by atomic mass is 10.0. The minimum Gasteiger partial charge on any atom is -0.453 e. The van der Waals surface area contributed by atoms with E-state index in [1.165, 1.54) is 13.3 Å². The molecule has 0 aliphatic carbocycles. The van der Waals surface area contributed by atoms with Gasteiger partial charge in [-0.1, -0.05) is 40.9 Å². The highest BCUT2D eigenvalue weighted by Gasteiger charge is 2.22. The van der Waals surface area contributed by atoms with Gasteiger partial charge in [-0.15, -0.1) is 0 Å². The van der Waals surface area contributed by atoms with Crippen molar-refractivity contribution in [3.8, 4) is 22.6 Å². The SMILES string of the molecule is COC(=O)Nc1cc(-c2nccc(-c3cc(NC(=O)OCC(Cl)(Cl)Cl)ccc3C)n2)ccn1. The van der Waals surface area contributed by atoms with Gasteiger partial charge in [0.15, 0.2) is 5.82 Å². The molecular weight excluding hydrogens is 493 g/mol. The van der Waals surface area contributed by atoms with Crippen LogP contribution < -0.4 is 10.6 Å². The highest BCUT2D eigenvalue weighted by atomic mass is 35.6. The van der Waals surface area contributed by atoms with Crippen molar-refractivity contribution in [2.45, 2.75) is 10.7 Å². The molecule has 9 nitrogen and oxygen atoms in total. The van der Waals surface area contributed by atoms with E-state index < -0.39 is 22.6 Å². The second-order valence-corrected chi connectivity index (χ2v) is 9.17. The van der Waals surface area contributed by atoms with Gasteiger partial charge in [-0.25, -0.2) is 24.5 Å². The number of rotatable bonds is 5. The number of hydrogen-bond acceptors (Lipinski definition) is 7. The van der Waals surface area contributed by atoms with Crippen molar-refractivity contribution in [3.63, 3.8) is 0 Å². The van der Waals surface area contributed by atoms with E-state index in [4.69, 9.17) is 39.5 Å². The van der Waals surface area contributed by atoms with Crippen LogP contribution in [0.1, 0.15) is 5.56 Å². The number of carbonyl (C=O) groups excluding carboxylic acids is 2. The smallest absolute Gasteiger partial charge is 0.412 e. The standard InChI is InChI=1S/C21H18Cl3N5O4/c1-12-3-4-14(27-20(31)33-11-21(22,23)24)10-15(12)16-6-8-26-18(28-16)13-5-7-25-17(9-13)29-19(30)32-2/h3-10H,11H2,1-2H3,(H,27,31)(H,25,29,30). The summed E-state index contributed by atoms with van der Waals surface area (Å²) in [5.41, 5.74) is 3.41. The maximum Gasteiger partial charge on any atom is 0.412 e. The number of pyridine rings is 1. The lowest BCUT2D eigenvalue weighted by molar-refractivity contribution is 0.164. The Hall–Kier alpha value is -3.14. The number of alkyl halides is 3. The van der Waals surface area contributed by atoms with Gasteiger partial charge in [0.25, 0.3) is 0 Å². The molecule has 2 aromatic heterocycles. The number of hydrogen-bond donors (Lipinski definition) is 2. The highest BCUT2D eigenvalue weighted by molar-refractivity contribution is 6.67. The molecule has 33 heavy (non-hydrogen) atoms. The van der Waals surface area contributed by atoms with E-state index in [0.717, 1.165) is 11.1 Å². The molecule has 0 atom stereocenters. The van der Waals surface area contributed by atoms with Gasteiger partial charge >= 0.3 is 12.2 Å². The number of benzene rings is 1. The van der Waals surface area contributed by atoms with Crippen LogP contribution in [-0.2, 0) is 9.47 Å². The van der Waals surface area contributed by atoms with Crippen molar-refractivity contribution in [1.29, 1.82) is 0 Å². The molecule has 2 N–H and O–H groups in total. The number of nitrogens with zero attached hydrogens (tertiary/aromatic N) is 3. The fourth-order valence-corrected chi connectivity index (χ4v) is 2.88. The molecule has 3 rings (SSSR count). The fourth-order valence-electron chi connectivity index (χ4n) is 2.72. The van der Waals surface area contributed by atoms with E-state index in [2.05, 4.69) is 30.3 Å². The number of anilines is 2. The minimum atomic E-state index is -1.70. The van der Waals surface area contributed by atoms with Crippen molar-refractivity contribution in [2.75, 3.05) is 24.4 Å². The zero-order valence-electron chi connectivity index (χ0n) is 17.4. The second kappa shape index (κ2) is 10.7. The Morgan fingerprint density at radius 1 is 1.00 bits per heavy atom. The topological polar surface area (TPSA) is 115 Å². The van der Waals surface area contributed by atoms with Gasteiger partial charge in [0.05, 0.1) is 12.8 Å². The quantitative estimate of drug-likeness (QED) is 0.429. The average Bonchev–Trinajstić information content (AvgIpc) is 2.79. The summed E-state index contributed by atoms with van der Waals surface area (Å²) in [4.78, 5) is 36.4. The summed E-state index contributed by atoms with van der Waals surface area (Å²) in [6.45, 7) is 1.52. The van der Waals surface area contributed by atoms with Crippen LogP contribution in [0.3, 0.4) is 0 Å². The first-order chi connectivity index (χ1) is 15.6. The molecule has 3 aromatic rings. The van der Waals surface area contributed by atoms with Gasteiger partial charge in [-0.3, -0.25) is 10.6 Å². The maximum atomic E-state index is 12.0. The summed E-state index contributed by atoms with van der Waals surface area (Å²) in [7, 11) is 1.26. The van der Waals surface area contributed by atoms with E-state index in [9.17, 15) is 9.59 Å². The normalized spacial score (nSPS) is 10.9. The van der Waals surface area contributed by atoms with Gasteiger partial charge in [-0.2, -0.15) is 0 Å². The fraction of sp³-hybridized carbons (Fsp3) is 0.190. The molecular formula is C21H18Cl3N5O4. The molecule has 0 unspecified atom stereocenters. The van der Waals surface area contributed by atoms with Crippen molar-refractivity contribution in [1.82, 2.24) is 15.0 Å². The third-order valence-electron chi connectivity index (χ3n) is 4.22. The third kappa shape index (κ3) is 7.18. The van der Waals surface area contributed by atoms with E-state index in [-0.39, 0.29) is 0 Å². The highest BCUT2D eigenvalue weighted by Crippen LogP contribution is 2.28. The molecule has 172 valence electrons. The summed E-state index contributed by atoms with van der Waals surface area (Å²) in [6.07, 6.45) is 1.73. The summed E-state index contributed by atoms with van der Waals surface area (Å²) in [6, 6.07) is 10.4. The van der Waals surface area contributed by atoms with Crippen LogP contribution in [0.25, 0.3) is 22.6 Å². The van der Waals surface area contributed by atoms with E-state index >= 15 is 0 Å². The first-order valence-corrected chi connectivity index (χ1v) is 10.5. The monoisotopic (exact) mass is 509 g/mol. The number of ether oxygens (including phenoxy) is 2. The van der Waals surface area contributed by atoms with Crippen LogP contribution in [-0.4, -0.2) is 44.6 Å². The van der Waals surface area contributed by atoms with E-state index in [1.807, 2.05) is 13.0 Å². The van der Waals surface area contributed by atoms with E-state index in [1.54, 1.807) is 36.5 Å². The molecule has 0 bridgehead atoms. The van der Waals surface area contributed by atoms with Crippen LogP contribution in [0.2, 0.25) is 0 Å². The largest absolute Gasteiger partial charge is 0.453 e. The number of methoxy groups -OCH3 is 1. The van der Waals surface area contributed by atoms with Crippen LogP contribution in [0.4, 0.5) is 21.1 Å². The maximum absolute atomic E-state index is 12.0. The summed E-state index contributed by atoms with van der Waals surface area (Å²) in [5, 5.41) is 5.09. The predicted molar refractivity (Wildman–Crippen MR) is 127 cm³/mol. The Balaban J connectivity index is 1.84. The van der Waals surface area contributed by atoms with Crippen molar-refractivity contribution in [3.05, 3.63) is 54.4 Å². The van der Waals surface area contributed by atoms with Gasteiger partial charge in [0, 0.05) is 29.2 Å². The second-order valence-electron chi connectivity index (χ2n) is 6.66. The molecule has 0 saturated carbocycles. The zero-order valence-corrected chi connectivity index (χ0v) is 19.7. The van der Waals surface area contributed by atoms with Crippen LogP contribution in [0, 0.1) is 6.92 Å². The number of halogens is 3. The average molecular weight is 511 g/mol. The molecule has 0 fully saturated rings. The van der Waals surface area contributed by atoms with Crippen LogP contribution in [0.5, 0.6) is 0 Å². The lowest BCUT2D eigenvalue weighted by Crippen LogP contribution is -2.21. The molecule has 0 spiro atoms. The number of aryl methyl sites for hydroxylation is 1. The Kier molecular flexibility index (Phi) is 7.91. The number of nitrogens with one attached hydrogen (secondary N) is 2. The number of amides is 2.